The van der Waals surface area contributed by atoms with Crippen molar-refractivity contribution in [3.05, 3.63) is 48.4 Å². The summed E-state index contributed by atoms with van der Waals surface area (Å²) in [6.45, 7) is 5.03. The fourth-order valence-electron chi connectivity index (χ4n) is 4.80. The molecule has 33 heavy (non-hydrogen) atoms. The van der Waals surface area contributed by atoms with Crippen LogP contribution in [0.1, 0.15) is 56.3 Å². The standard InChI is InChI=1S/C26H30N6O/c1-17(2)32(15-18-7-5-4-6-8-18)26(33)19-9-10-22-23(12-19)29-24(14-27-22)20-11-21-16-31(3)30-25(21)28-13-20/h9-14,16-18H,4-8,15H2,1-3H3. The van der Waals surface area contributed by atoms with E-state index in [1.165, 1.54) is 32.1 Å². The van der Waals surface area contributed by atoms with Crippen LogP contribution in [0.2, 0.25) is 0 Å². The maximum atomic E-state index is 13.5. The van der Waals surface area contributed by atoms with E-state index in [-0.39, 0.29) is 11.9 Å². The number of amides is 1. The molecule has 1 fully saturated rings. The molecule has 1 aromatic carbocycles. The van der Waals surface area contributed by atoms with Gasteiger partial charge in [0.15, 0.2) is 5.65 Å². The lowest BCUT2D eigenvalue weighted by atomic mass is 9.88. The van der Waals surface area contributed by atoms with Crippen molar-refractivity contribution in [2.45, 2.75) is 52.0 Å². The van der Waals surface area contributed by atoms with Crippen molar-refractivity contribution in [1.29, 1.82) is 0 Å². The van der Waals surface area contributed by atoms with Crippen molar-refractivity contribution in [2.75, 3.05) is 6.54 Å². The molecule has 1 saturated carbocycles. The van der Waals surface area contributed by atoms with Crippen LogP contribution in [0.5, 0.6) is 0 Å². The Kier molecular flexibility index (Phi) is 5.79. The molecule has 1 aliphatic carbocycles. The molecule has 7 nitrogen and oxygen atoms in total. The second kappa shape index (κ2) is 8.89. The molecule has 0 atom stereocenters. The summed E-state index contributed by atoms with van der Waals surface area (Å²) in [6.07, 6.45) is 11.8. The molecular weight excluding hydrogens is 412 g/mol. The first kappa shape index (κ1) is 21.5. The predicted octanol–water partition coefficient (Wildman–Crippen LogP) is 5.01. The van der Waals surface area contributed by atoms with Crippen LogP contribution in [0.4, 0.5) is 0 Å². The SMILES string of the molecule is CC(C)N(CC1CCCCC1)C(=O)c1ccc2ncc(-c3cnc4nn(C)cc4c3)nc2c1. The second-order valence-corrected chi connectivity index (χ2v) is 9.45. The average Bonchev–Trinajstić information content (AvgIpc) is 3.21. The summed E-state index contributed by atoms with van der Waals surface area (Å²) in [5, 5.41) is 5.28. The number of carbonyl (C=O) groups is 1. The van der Waals surface area contributed by atoms with E-state index >= 15 is 0 Å². The maximum absolute atomic E-state index is 13.5. The normalized spacial score (nSPS) is 14.9. The Balaban J connectivity index is 1.45. The number of benzene rings is 1. The number of fused-ring (bicyclic) bond motifs is 2. The quantitative estimate of drug-likeness (QED) is 0.434. The van der Waals surface area contributed by atoms with Crippen molar-refractivity contribution < 1.29 is 4.79 Å². The zero-order chi connectivity index (χ0) is 22.9. The Labute approximate surface area is 193 Å². The average molecular weight is 443 g/mol. The van der Waals surface area contributed by atoms with Crippen LogP contribution >= 0.6 is 0 Å². The number of hydrogen-bond donors (Lipinski definition) is 0. The molecule has 1 amide bonds. The Hall–Kier alpha value is -3.35. The summed E-state index contributed by atoms with van der Waals surface area (Å²) < 4.78 is 1.75. The van der Waals surface area contributed by atoms with Crippen LogP contribution in [0, 0.1) is 5.92 Å². The van der Waals surface area contributed by atoms with E-state index in [1.54, 1.807) is 17.1 Å². The molecule has 170 valence electrons. The molecule has 0 spiro atoms. The van der Waals surface area contributed by atoms with Crippen molar-refractivity contribution in [2.24, 2.45) is 13.0 Å². The molecule has 0 N–H and O–H groups in total. The zero-order valence-corrected chi connectivity index (χ0v) is 19.5. The van der Waals surface area contributed by atoms with E-state index < -0.39 is 0 Å². The Morgan fingerprint density at radius 1 is 1.09 bits per heavy atom. The van der Waals surface area contributed by atoms with Gasteiger partial charge in [0.1, 0.15) is 0 Å². The van der Waals surface area contributed by atoms with Gasteiger partial charge in [-0.2, -0.15) is 5.10 Å². The highest BCUT2D eigenvalue weighted by Gasteiger charge is 2.24. The predicted molar refractivity (Wildman–Crippen MR) is 130 cm³/mol. The Morgan fingerprint density at radius 2 is 1.91 bits per heavy atom. The molecule has 3 aromatic heterocycles. The maximum Gasteiger partial charge on any atom is 0.254 e. The molecule has 0 bridgehead atoms. The first-order valence-electron chi connectivity index (χ1n) is 11.9. The molecule has 0 unspecified atom stereocenters. The van der Waals surface area contributed by atoms with Crippen LogP contribution in [0.15, 0.2) is 42.9 Å². The van der Waals surface area contributed by atoms with Gasteiger partial charge >= 0.3 is 0 Å². The van der Waals surface area contributed by atoms with Crippen molar-refractivity contribution in [3.63, 3.8) is 0 Å². The number of nitrogens with zero attached hydrogens (tertiary/aromatic N) is 6. The number of aromatic nitrogens is 5. The van der Waals surface area contributed by atoms with E-state index in [9.17, 15) is 4.79 Å². The third kappa shape index (κ3) is 4.45. The summed E-state index contributed by atoms with van der Waals surface area (Å²) in [5.41, 5.74) is 4.46. The molecule has 7 heteroatoms. The third-order valence-corrected chi connectivity index (χ3v) is 6.62. The monoisotopic (exact) mass is 442 g/mol. The second-order valence-electron chi connectivity index (χ2n) is 9.45. The highest BCUT2D eigenvalue weighted by molar-refractivity contribution is 5.97. The molecule has 3 heterocycles. The van der Waals surface area contributed by atoms with E-state index in [0.29, 0.717) is 22.6 Å². The first-order valence-corrected chi connectivity index (χ1v) is 11.9. The van der Waals surface area contributed by atoms with Gasteiger partial charge in [-0.3, -0.25) is 14.5 Å². The van der Waals surface area contributed by atoms with Crippen molar-refractivity contribution in [3.8, 4) is 11.3 Å². The molecule has 1 aliphatic rings. The molecule has 5 rings (SSSR count). The largest absolute Gasteiger partial charge is 0.336 e. The topological polar surface area (TPSA) is 76.8 Å². The first-order chi connectivity index (χ1) is 16.0. The van der Waals surface area contributed by atoms with Crippen LogP contribution < -0.4 is 0 Å². The van der Waals surface area contributed by atoms with Crippen molar-refractivity contribution >= 4 is 28.0 Å². The van der Waals surface area contributed by atoms with Crippen LogP contribution in [0.3, 0.4) is 0 Å². The highest BCUT2D eigenvalue weighted by Crippen LogP contribution is 2.27. The zero-order valence-electron chi connectivity index (χ0n) is 19.5. The summed E-state index contributed by atoms with van der Waals surface area (Å²) >= 11 is 0. The van der Waals surface area contributed by atoms with Crippen molar-refractivity contribution in [1.82, 2.24) is 29.6 Å². The molecular formula is C26H30N6O. The van der Waals surface area contributed by atoms with Gasteiger partial charge in [0.25, 0.3) is 5.91 Å². The summed E-state index contributed by atoms with van der Waals surface area (Å²) in [5.74, 6) is 0.676. The molecule has 0 radical (unpaired) electrons. The summed E-state index contributed by atoms with van der Waals surface area (Å²) in [7, 11) is 1.88. The smallest absolute Gasteiger partial charge is 0.254 e. The molecule has 0 aliphatic heterocycles. The number of aryl methyl sites for hydroxylation is 1. The van der Waals surface area contributed by atoms with Gasteiger partial charge in [-0.15, -0.1) is 0 Å². The molecule has 4 aromatic rings. The van der Waals surface area contributed by atoms with Gasteiger partial charge in [-0.1, -0.05) is 19.3 Å². The number of hydrogen-bond acceptors (Lipinski definition) is 5. The van der Waals surface area contributed by atoms with Gasteiger partial charge in [-0.25, -0.2) is 9.97 Å². The van der Waals surface area contributed by atoms with Gasteiger partial charge in [0.05, 0.1) is 22.9 Å². The van der Waals surface area contributed by atoms with Gasteiger partial charge < -0.3 is 4.90 Å². The fourth-order valence-corrected chi connectivity index (χ4v) is 4.80. The fraction of sp³-hybridized carbons (Fsp3) is 0.423. The van der Waals surface area contributed by atoms with Crippen LogP contribution in [0.25, 0.3) is 33.3 Å². The summed E-state index contributed by atoms with van der Waals surface area (Å²) in [4.78, 5) is 29.3. The number of rotatable bonds is 5. The lowest BCUT2D eigenvalue weighted by Crippen LogP contribution is -2.40. The summed E-state index contributed by atoms with van der Waals surface area (Å²) in [6, 6.07) is 7.81. The van der Waals surface area contributed by atoms with E-state index in [1.807, 2.05) is 42.4 Å². The number of pyridine rings is 1. The highest BCUT2D eigenvalue weighted by atomic mass is 16.2. The minimum Gasteiger partial charge on any atom is -0.336 e. The van der Waals surface area contributed by atoms with E-state index in [0.717, 1.165) is 28.7 Å². The molecule has 0 saturated heterocycles. The third-order valence-electron chi connectivity index (χ3n) is 6.62. The van der Waals surface area contributed by atoms with E-state index in [2.05, 4.69) is 28.9 Å². The van der Waals surface area contributed by atoms with E-state index in [4.69, 9.17) is 4.98 Å². The lowest BCUT2D eigenvalue weighted by Gasteiger charge is -2.32. The van der Waals surface area contributed by atoms with Crippen LogP contribution in [-0.2, 0) is 7.05 Å². The van der Waals surface area contributed by atoms with Crippen LogP contribution in [-0.4, -0.2) is 48.1 Å². The minimum atomic E-state index is 0.0723. The number of carbonyl (C=O) groups excluding carboxylic acids is 1. The van der Waals surface area contributed by atoms with Gasteiger partial charge in [0.2, 0.25) is 0 Å². The lowest BCUT2D eigenvalue weighted by molar-refractivity contribution is 0.0655. The minimum absolute atomic E-state index is 0.0723. The van der Waals surface area contributed by atoms with Gasteiger partial charge in [0, 0.05) is 48.5 Å². The Morgan fingerprint density at radius 3 is 2.70 bits per heavy atom. The Bertz CT molecular complexity index is 1300. The van der Waals surface area contributed by atoms with Gasteiger partial charge in [-0.05, 0) is 56.9 Å².